The van der Waals surface area contributed by atoms with Gasteiger partial charge >= 0.3 is 5.97 Å². The lowest BCUT2D eigenvalue weighted by molar-refractivity contribution is -0.384. The van der Waals surface area contributed by atoms with Crippen molar-refractivity contribution in [3.8, 4) is 35.1 Å². The molecule has 0 aromatic heterocycles. The zero-order chi connectivity index (χ0) is 26.2. The number of hydrogen-bond donors (Lipinski definition) is 0. The normalized spacial score (nSPS) is 10.0. The highest BCUT2D eigenvalue weighted by molar-refractivity contribution is 5.89. The van der Waals surface area contributed by atoms with Gasteiger partial charge in [-0.2, -0.15) is 10.5 Å². The van der Waals surface area contributed by atoms with E-state index in [1.165, 1.54) is 36.4 Å². The molecule has 0 aliphatic rings. The summed E-state index contributed by atoms with van der Waals surface area (Å²) in [4.78, 5) is 22.9. The number of hydrogen-bond acceptors (Lipinski definition) is 8. The molecule has 0 saturated heterocycles. The summed E-state index contributed by atoms with van der Waals surface area (Å²) in [5.41, 5.74) is 1.17. The number of carbonyl (C=O) groups is 1. The van der Waals surface area contributed by atoms with E-state index in [9.17, 15) is 25.4 Å². The third-order valence-electron chi connectivity index (χ3n) is 5.11. The summed E-state index contributed by atoms with van der Waals surface area (Å²) in [6, 6.07) is 27.5. The molecular formula is C28H17N3O6. The highest BCUT2D eigenvalue weighted by Gasteiger charge is 2.13. The minimum atomic E-state index is -0.585. The Morgan fingerprint density at radius 1 is 0.811 bits per heavy atom. The fourth-order valence-corrected chi connectivity index (χ4v) is 3.34. The molecule has 0 bridgehead atoms. The molecule has 0 aliphatic carbocycles. The minimum absolute atomic E-state index is 0.0236. The van der Waals surface area contributed by atoms with Crippen LogP contribution >= 0.6 is 0 Å². The first-order chi connectivity index (χ1) is 18.0. The van der Waals surface area contributed by atoms with Gasteiger partial charge < -0.3 is 14.2 Å². The van der Waals surface area contributed by atoms with Crippen LogP contribution in [0.1, 0.15) is 27.0 Å². The van der Waals surface area contributed by atoms with E-state index in [0.717, 1.165) is 0 Å². The number of rotatable bonds is 8. The maximum absolute atomic E-state index is 12.6. The van der Waals surface area contributed by atoms with E-state index in [0.29, 0.717) is 22.8 Å². The lowest BCUT2D eigenvalue weighted by Crippen LogP contribution is -2.05. The van der Waals surface area contributed by atoms with Gasteiger partial charge in [0, 0.05) is 12.1 Å². The molecule has 0 unspecified atom stereocenters. The number of esters is 1. The summed E-state index contributed by atoms with van der Waals surface area (Å²) in [7, 11) is 0. The van der Waals surface area contributed by atoms with Gasteiger partial charge in [-0.25, -0.2) is 4.79 Å². The molecule has 0 fully saturated rings. The second-order valence-electron chi connectivity index (χ2n) is 7.61. The van der Waals surface area contributed by atoms with E-state index < -0.39 is 10.9 Å². The third-order valence-corrected chi connectivity index (χ3v) is 5.11. The van der Waals surface area contributed by atoms with Crippen molar-refractivity contribution in [1.82, 2.24) is 0 Å². The van der Waals surface area contributed by atoms with Crippen molar-refractivity contribution >= 4 is 11.7 Å². The molecule has 4 aromatic rings. The number of nitro groups is 1. The lowest BCUT2D eigenvalue weighted by Gasteiger charge is -2.10. The van der Waals surface area contributed by atoms with Crippen molar-refractivity contribution in [3.63, 3.8) is 0 Å². The van der Waals surface area contributed by atoms with Gasteiger partial charge in [-0.3, -0.25) is 10.1 Å². The quantitative estimate of drug-likeness (QED) is 0.160. The highest BCUT2D eigenvalue weighted by atomic mass is 16.6. The average Bonchev–Trinajstić information content (AvgIpc) is 2.92. The molecule has 37 heavy (non-hydrogen) atoms. The molecule has 4 aromatic carbocycles. The van der Waals surface area contributed by atoms with Gasteiger partial charge in [-0.15, -0.1) is 0 Å². The van der Waals surface area contributed by atoms with Gasteiger partial charge in [-0.1, -0.05) is 24.3 Å². The van der Waals surface area contributed by atoms with Crippen molar-refractivity contribution in [3.05, 3.63) is 123 Å². The summed E-state index contributed by atoms with van der Waals surface area (Å²) in [5.74, 6) is 0.831. The number of nitro benzene ring substituents is 1. The molecule has 9 heteroatoms. The molecule has 0 aliphatic heterocycles. The van der Waals surface area contributed by atoms with Gasteiger partial charge in [0.25, 0.3) is 5.69 Å². The Bertz CT molecular complexity index is 1550. The first-order valence-electron chi connectivity index (χ1n) is 10.9. The molecule has 4 rings (SSSR count). The molecule has 0 saturated carbocycles. The van der Waals surface area contributed by atoms with Crippen molar-refractivity contribution < 1.29 is 23.9 Å². The van der Waals surface area contributed by atoms with Crippen molar-refractivity contribution in [2.75, 3.05) is 0 Å². The van der Waals surface area contributed by atoms with Crippen molar-refractivity contribution in [2.24, 2.45) is 0 Å². The maximum atomic E-state index is 12.6. The molecule has 0 spiro atoms. The predicted molar refractivity (Wildman–Crippen MR) is 131 cm³/mol. The molecule has 0 radical (unpaired) electrons. The van der Waals surface area contributed by atoms with Crippen LogP contribution in [0.4, 0.5) is 5.69 Å². The molecule has 180 valence electrons. The summed E-state index contributed by atoms with van der Waals surface area (Å²) in [6.07, 6.45) is 0. The first-order valence-corrected chi connectivity index (χ1v) is 10.9. The standard InChI is InChI=1S/C28H17N3O6/c29-16-21-6-3-9-27(26(21)17-30)37-25-8-2-5-20(15-25)28(32)35-18-19-4-1-7-24(14-19)36-23-12-10-22(11-13-23)31(33)34/h1-15H,18H2. The summed E-state index contributed by atoms with van der Waals surface area (Å²) >= 11 is 0. The van der Waals surface area contributed by atoms with Gasteiger partial charge in [0.2, 0.25) is 0 Å². The van der Waals surface area contributed by atoms with Crippen molar-refractivity contribution in [2.45, 2.75) is 6.61 Å². The zero-order valence-corrected chi connectivity index (χ0v) is 19.2. The number of carbonyl (C=O) groups excluding carboxylic acids is 1. The zero-order valence-electron chi connectivity index (χ0n) is 19.2. The van der Waals surface area contributed by atoms with Crippen LogP contribution in [0.15, 0.2) is 91.0 Å². The first kappa shape index (κ1) is 24.5. The monoisotopic (exact) mass is 491 g/mol. The molecule has 0 amide bonds. The smallest absolute Gasteiger partial charge is 0.338 e. The Labute approximate surface area is 211 Å². The van der Waals surface area contributed by atoms with Crippen LogP contribution in [-0.4, -0.2) is 10.9 Å². The molecule has 0 heterocycles. The maximum Gasteiger partial charge on any atom is 0.338 e. The highest BCUT2D eigenvalue weighted by Crippen LogP contribution is 2.28. The Kier molecular flexibility index (Phi) is 7.38. The van der Waals surface area contributed by atoms with Crippen LogP contribution in [-0.2, 0) is 11.3 Å². The van der Waals surface area contributed by atoms with E-state index in [-0.39, 0.29) is 34.7 Å². The number of nitrogens with zero attached hydrogens (tertiary/aromatic N) is 3. The van der Waals surface area contributed by atoms with Crippen LogP contribution in [0.25, 0.3) is 0 Å². The van der Waals surface area contributed by atoms with E-state index in [4.69, 9.17) is 14.2 Å². The van der Waals surface area contributed by atoms with Crippen LogP contribution < -0.4 is 9.47 Å². The SMILES string of the molecule is N#Cc1cccc(Oc2cccc(C(=O)OCc3cccc(Oc4ccc([N+](=O)[O-])cc4)c3)c2)c1C#N. The minimum Gasteiger partial charge on any atom is -0.457 e. The third kappa shape index (κ3) is 6.07. The molecular weight excluding hydrogens is 474 g/mol. The molecule has 9 nitrogen and oxygen atoms in total. The second kappa shape index (κ2) is 11.2. The fraction of sp³-hybridized carbons (Fsp3) is 0.0357. The Balaban J connectivity index is 1.40. The Morgan fingerprint density at radius 3 is 2.22 bits per heavy atom. The van der Waals surface area contributed by atoms with E-state index in [2.05, 4.69) is 0 Å². The summed E-state index contributed by atoms with van der Waals surface area (Å²) in [5, 5.41) is 29.3. The van der Waals surface area contributed by atoms with Gasteiger partial charge in [0.05, 0.1) is 16.1 Å². The van der Waals surface area contributed by atoms with Crippen LogP contribution in [0.2, 0.25) is 0 Å². The van der Waals surface area contributed by atoms with E-state index in [1.807, 2.05) is 12.1 Å². The van der Waals surface area contributed by atoms with Crippen LogP contribution in [0.3, 0.4) is 0 Å². The Morgan fingerprint density at radius 2 is 1.51 bits per heavy atom. The van der Waals surface area contributed by atoms with Gasteiger partial charge in [0.15, 0.2) is 0 Å². The summed E-state index contributed by atoms with van der Waals surface area (Å²) in [6.45, 7) is -0.0236. The number of nitriles is 2. The van der Waals surface area contributed by atoms with Crippen LogP contribution in [0.5, 0.6) is 23.0 Å². The Hall–Kier alpha value is -5.67. The topological polar surface area (TPSA) is 135 Å². The average molecular weight is 491 g/mol. The second-order valence-corrected chi connectivity index (χ2v) is 7.61. The number of benzene rings is 4. The number of non-ortho nitro benzene ring substituents is 1. The predicted octanol–water partition coefficient (Wildman–Crippen LogP) is 6.28. The molecule has 0 atom stereocenters. The molecule has 0 N–H and O–H groups in total. The van der Waals surface area contributed by atoms with Gasteiger partial charge in [0.1, 0.15) is 47.3 Å². The number of ether oxygens (including phenoxy) is 3. The van der Waals surface area contributed by atoms with Gasteiger partial charge in [-0.05, 0) is 60.2 Å². The summed E-state index contributed by atoms with van der Waals surface area (Å²) < 4.78 is 16.9. The van der Waals surface area contributed by atoms with E-state index >= 15 is 0 Å². The van der Waals surface area contributed by atoms with E-state index in [1.54, 1.807) is 54.6 Å². The van der Waals surface area contributed by atoms with Crippen LogP contribution in [0, 0.1) is 32.8 Å². The lowest BCUT2D eigenvalue weighted by atomic mass is 10.1. The fourth-order valence-electron chi connectivity index (χ4n) is 3.34. The largest absolute Gasteiger partial charge is 0.457 e. The van der Waals surface area contributed by atoms with Crippen molar-refractivity contribution in [1.29, 1.82) is 10.5 Å².